The van der Waals surface area contributed by atoms with Crippen LogP contribution in [-0.4, -0.2) is 53.2 Å². The highest BCUT2D eigenvalue weighted by molar-refractivity contribution is 5.95. The third kappa shape index (κ3) is 12.1. The Morgan fingerprint density at radius 3 is 2.38 bits per heavy atom. The number of hydrogen-bond acceptors (Lipinski definition) is 8. The molecule has 0 spiro atoms. The highest BCUT2D eigenvalue weighted by atomic mass is 16.5. The lowest BCUT2D eigenvalue weighted by molar-refractivity contribution is -0.152. The number of cyclic esters (lactones) is 1. The zero-order valence-corrected chi connectivity index (χ0v) is 26.9. The van der Waals surface area contributed by atoms with Gasteiger partial charge in [-0.25, -0.2) is 10.9 Å². The summed E-state index contributed by atoms with van der Waals surface area (Å²) in [5.41, 5.74) is 7.08. The summed E-state index contributed by atoms with van der Waals surface area (Å²) < 4.78 is 11.5. The van der Waals surface area contributed by atoms with Gasteiger partial charge in [0.05, 0.1) is 19.4 Å². The second kappa shape index (κ2) is 19.4. The third-order valence-corrected chi connectivity index (χ3v) is 7.68. The lowest BCUT2D eigenvalue weighted by atomic mass is 10.1. The van der Waals surface area contributed by atoms with Gasteiger partial charge in [-0.1, -0.05) is 66.7 Å². The predicted molar refractivity (Wildman–Crippen MR) is 180 cm³/mol. The van der Waals surface area contributed by atoms with Gasteiger partial charge in [-0.2, -0.15) is 5.10 Å². The minimum absolute atomic E-state index is 0.0212. The average Bonchev–Trinajstić information content (AvgIpc) is 3.11. The second-order valence-corrected chi connectivity index (χ2v) is 11.4. The molecule has 0 aromatic heterocycles. The van der Waals surface area contributed by atoms with E-state index in [1.807, 2.05) is 66.7 Å². The van der Waals surface area contributed by atoms with Crippen molar-refractivity contribution in [1.29, 1.82) is 0 Å². The molecule has 252 valence electrons. The fourth-order valence-corrected chi connectivity index (χ4v) is 5.02. The minimum Gasteiger partial charge on any atom is -0.494 e. The van der Waals surface area contributed by atoms with Gasteiger partial charge in [-0.15, -0.1) is 0 Å². The molecule has 11 heteroatoms. The highest BCUT2D eigenvalue weighted by Crippen LogP contribution is 2.23. The van der Waals surface area contributed by atoms with Crippen molar-refractivity contribution in [2.45, 2.75) is 64.0 Å². The first kappa shape index (κ1) is 35.6. The number of amides is 3. The average molecular weight is 655 g/mol. The van der Waals surface area contributed by atoms with Crippen LogP contribution >= 0.6 is 0 Å². The molecule has 48 heavy (non-hydrogen) atoms. The van der Waals surface area contributed by atoms with Crippen LogP contribution in [0.5, 0.6) is 5.75 Å². The Labute approximate surface area is 280 Å². The summed E-state index contributed by atoms with van der Waals surface area (Å²) in [6, 6.07) is 23.7. The summed E-state index contributed by atoms with van der Waals surface area (Å²) in [7, 11) is 0. The number of rotatable bonds is 13. The van der Waals surface area contributed by atoms with Crippen LogP contribution in [0.2, 0.25) is 0 Å². The first-order valence-electron chi connectivity index (χ1n) is 16.2. The van der Waals surface area contributed by atoms with Gasteiger partial charge in [0.1, 0.15) is 11.9 Å². The summed E-state index contributed by atoms with van der Waals surface area (Å²) in [4.78, 5) is 51.1. The Hall–Kier alpha value is -5.29. The maximum absolute atomic E-state index is 13.3. The molecule has 3 aromatic carbocycles. The van der Waals surface area contributed by atoms with Crippen LogP contribution in [-0.2, 0) is 25.7 Å². The normalized spacial score (nSPS) is 16.4. The van der Waals surface area contributed by atoms with E-state index in [1.165, 1.54) is 0 Å². The molecule has 1 atom stereocenters. The minimum atomic E-state index is -0.574. The number of nitrogens with one attached hydrogen (secondary N) is 2. The third-order valence-electron chi connectivity index (χ3n) is 7.68. The molecule has 3 N–H and O–H groups in total. The van der Waals surface area contributed by atoms with E-state index < -0.39 is 12.0 Å². The fourth-order valence-electron chi connectivity index (χ4n) is 5.02. The van der Waals surface area contributed by atoms with Crippen molar-refractivity contribution < 1.29 is 33.9 Å². The summed E-state index contributed by atoms with van der Waals surface area (Å²) in [5, 5.41) is 12.6. The maximum atomic E-state index is 13.3. The molecule has 4 rings (SSSR count). The number of hydrazone groups is 1. The Morgan fingerprint density at radius 2 is 1.65 bits per heavy atom. The Balaban J connectivity index is 1.29. The van der Waals surface area contributed by atoms with E-state index >= 15 is 0 Å². The number of nitrogens with zero attached hydrogens (tertiary/aromatic N) is 2. The van der Waals surface area contributed by atoms with E-state index in [4.69, 9.17) is 14.7 Å². The molecule has 0 bridgehead atoms. The molecule has 0 unspecified atom stereocenters. The number of hydrogen-bond donors (Lipinski definition) is 3. The van der Waals surface area contributed by atoms with Gasteiger partial charge in [0.15, 0.2) is 0 Å². The molecule has 0 saturated heterocycles. The number of unbranched alkanes of at least 4 members (excludes halogenated alkanes) is 2. The molecule has 0 radical (unpaired) electrons. The van der Waals surface area contributed by atoms with Gasteiger partial charge >= 0.3 is 5.97 Å². The van der Waals surface area contributed by atoms with E-state index in [9.17, 15) is 19.2 Å². The number of hydroxylamine groups is 1. The molecule has 0 fully saturated rings. The Kier molecular flexibility index (Phi) is 14.4. The topological polar surface area (TPSA) is 147 Å². The first-order chi connectivity index (χ1) is 23.4. The molecule has 3 amide bonds. The van der Waals surface area contributed by atoms with Crippen molar-refractivity contribution in [3.8, 4) is 5.75 Å². The number of carbonyl (C=O) groups is 4. The summed E-state index contributed by atoms with van der Waals surface area (Å²) in [6.45, 7) is 1.07. The van der Waals surface area contributed by atoms with E-state index in [-0.39, 0.29) is 37.2 Å². The molecule has 1 aliphatic heterocycles. The number of allylic oxidation sites excluding steroid dienone is 2. The van der Waals surface area contributed by atoms with Crippen molar-refractivity contribution >= 4 is 29.9 Å². The van der Waals surface area contributed by atoms with Crippen LogP contribution in [0.4, 0.5) is 0 Å². The quantitative estimate of drug-likeness (QED) is 0.0540. The number of carbonyl (C=O) groups excluding carboxylic acids is 4. The van der Waals surface area contributed by atoms with E-state index in [2.05, 4.69) is 10.5 Å². The van der Waals surface area contributed by atoms with Crippen molar-refractivity contribution in [2.24, 2.45) is 5.10 Å². The molecule has 0 saturated carbocycles. The van der Waals surface area contributed by atoms with Gasteiger partial charge in [-0.05, 0) is 73.1 Å². The van der Waals surface area contributed by atoms with Crippen LogP contribution in [0.25, 0.3) is 0 Å². The summed E-state index contributed by atoms with van der Waals surface area (Å²) in [5.74, 6) is -0.452. The van der Waals surface area contributed by atoms with Crippen molar-refractivity contribution in [2.75, 3.05) is 13.2 Å². The van der Waals surface area contributed by atoms with Crippen LogP contribution in [0, 0.1) is 0 Å². The van der Waals surface area contributed by atoms with Crippen LogP contribution in [0.3, 0.4) is 0 Å². The standard InChI is InChI=1S/C37H42N4O7/c42-34(40-46)13-7-4-10-24-47-32-22-20-31(21-23-32)37(45)39-38-25-28-16-18-29(19-17-28)26-41-27-33(30-11-5-3-6-12-30)48-36(44)15-9-2-1-8-14-35(41)43/h1-3,5-6,11-12,16-23,25,33,46H,4,7-10,13-15,24,26-27H2,(H,39,45)(H,40,42)/b2-1+,38-25+/t33-/m1/s1. The summed E-state index contributed by atoms with van der Waals surface area (Å²) >= 11 is 0. The molecule has 0 aliphatic carbocycles. The zero-order chi connectivity index (χ0) is 34.0. The molecular weight excluding hydrogens is 612 g/mol. The largest absolute Gasteiger partial charge is 0.494 e. The Morgan fingerprint density at radius 1 is 0.917 bits per heavy atom. The maximum Gasteiger partial charge on any atom is 0.306 e. The van der Waals surface area contributed by atoms with Gasteiger partial charge in [0.25, 0.3) is 5.91 Å². The highest BCUT2D eigenvalue weighted by Gasteiger charge is 2.24. The SMILES string of the molecule is O=C(CCCCCOc1ccc(C(=O)N/N=C/c2ccc(CN3C[C@H](c4ccccc4)OC(=O)CC/C=C/CCC3=O)cc2)cc1)NO. The molecular formula is C37H42N4O7. The van der Waals surface area contributed by atoms with E-state index in [0.717, 1.165) is 29.5 Å². The van der Waals surface area contributed by atoms with E-state index in [0.29, 0.717) is 50.1 Å². The van der Waals surface area contributed by atoms with Gasteiger partial charge in [0.2, 0.25) is 11.8 Å². The molecule has 1 aliphatic rings. The number of benzene rings is 3. The smallest absolute Gasteiger partial charge is 0.306 e. The zero-order valence-electron chi connectivity index (χ0n) is 26.9. The molecule has 1 heterocycles. The lowest BCUT2D eigenvalue weighted by Crippen LogP contribution is -2.35. The van der Waals surface area contributed by atoms with Crippen molar-refractivity contribution in [1.82, 2.24) is 15.8 Å². The van der Waals surface area contributed by atoms with Crippen molar-refractivity contribution in [3.05, 3.63) is 113 Å². The van der Waals surface area contributed by atoms with E-state index in [1.54, 1.807) is 40.9 Å². The summed E-state index contributed by atoms with van der Waals surface area (Å²) in [6.07, 6.45) is 9.15. The van der Waals surface area contributed by atoms with Crippen molar-refractivity contribution in [3.63, 3.8) is 0 Å². The Bertz CT molecular complexity index is 1540. The monoisotopic (exact) mass is 654 g/mol. The van der Waals surface area contributed by atoms with Gasteiger partial charge < -0.3 is 14.4 Å². The van der Waals surface area contributed by atoms with Crippen LogP contribution < -0.4 is 15.6 Å². The van der Waals surface area contributed by atoms with Gasteiger partial charge in [-0.3, -0.25) is 24.4 Å². The lowest BCUT2D eigenvalue weighted by Gasteiger charge is -2.28. The fraction of sp³-hybridized carbons (Fsp3) is 0.324. The van der Waals surface area contributed by atoms with Gasteiger partial charge in [0, 0.05) is 31.4 Å². The molecule has 11 nitrogen and oxygen atoms in total. The van der Waals surface area contributed by atoms with Crippen LogP contribution in [0.1, 0.15) is 84.5 Å². The number of esters is 1. The van der Waals surface area contributed by atoms with Crippen LogP contribution in [0.15, 0.2) is 96.1 Å². The number of ether oxygens (including phenoxy) is 2. The first-order valence-corrected chi connectivity index (χ1v) is 16.2. The second-order valence-electron chi connectivity index (χ2n) is 11.4. The molecule has 3 aromatic rings. The predicted octanol–water partition coefficient (Wildman–Crippen LogP) is 5.64.